The zero-order chi connectivity index (χ0) is 18.8. The van der Waals surface area contributed by atoms with Crippen molar-refractivity contribution in [2.24, 2.45) is 0 Å². The van der Waals surface area contributed by atoms with Crippen LogP contribution >= 0.6 is 11.6 Å². The molecule has 0 spiro atoms. The number of rotatable bonds is 3. The molecule has 1 fully saturated rings. The number of aromatic amines is 1. The van der Waals surface area contributed by atoms with Gasteiger partial charge >= 0.3 is 0 Å². The molecule has 1 aliphatic rings. The number of para-hydroxylation sites is 1. The lowest BCUT2D eigenvalue weighted by Gasteiger charge is -2.34. The zero-order valence-corrected chi connectivity index (χ0v) is 15.5. The number of nitriles is 1. The molecule has 0 atom stereocenters. The number of fused-ring (bicyclic) bond motifs is 1. The minimum atomic E-state index is -0.0470. The van der Waals surface area contributed by atoms with Crippen LogP contribution in [0, 0.1) is 11.3 Å². The van der Waals surface area contributed by atoms with Crippen molar-refractivity contribution in [3.8, 4) is 6.07 Å². The highest BCUT2D eigenvalue weighted by atomic mass is 35.5. The fraction of sp³-hybridized carbons (Fsp3) is 0.238. The number of carbonyl (C=O) groups is 1. The van der Waals surface area contributed by atoms with Crippen LogP contribution in [0.1, 0.15) is 21.6 Å². The Balaban J connectivity index is 1.40. The molecule has 3 aromatic rings. The van der Waals surface area contributed by atoms with Gasteiger partial charge in [0.25, 0.3) is 5.91 Å². The highest BCUT2D eigenvalue weighted by Crippen LogP contribution is 2.28. The predicted molar refractivity (Wildman–Crippen MR) is 106 cm³/mol. The summed E-state index contributed by atoms with van der Waals surface area (Å²) in [5, 5.41) is 10.3. The average Bonchev–Trinajstić information content (AvgIpc) is 3.05. The van der Waals surface area contributed by atoms with Crippen LogP contribution in [0.5, 0.6) is 0 Å². The van der Waals surface area contributed by atoms with E-state index in [1.165, 1.54) is 5.56 Å². The van der Waals surface area contributed by atoms with E-state index in [4.69, 9.17) is 16.9 Å². The van der Waals surface area contributed by atoms with Crippen LogP contribution in [0.25, 0.3) is 10.9 Å². The molecular formula is C21H19ClN4O. The van der Waals surface area contributed by atoms with Crippen molar-refractivity contribution < 1.29 is 4.79 Å². The Hall–Kier alpha value is -2.81. The SMILES string of the molecule is N#Cc1ccc(CN2CCN(C(=O)c3[nH]c4ccccc4c3Cl)CC2)cc1. The molecule has 27 heavy (non-hydrogen) atoms. The zero-order valence-electron chi connectivity index (χ0n) is 14.8. The van der Waals surface area contributed by atoms with Crippen molar-refractivity contribution in [1.82, 2.24) is 14.8 Å². The summed E-state index contributed by atoms with van der Waals surface area (Å²) in [4.78, 5) is 20.2. The summed E-state index contributed by atoms with van der Waals surface area (Å²) in [6.07, 6.45) is 0. The van der Waals surface area contributed by atoms with Crippen LogP contribution in [-0.2, 0) is 6.54 Å². The largest absolute Gasteiger partial charge is 0.349 e. The molecule has 5 nitrogen and oxygen atoms in total. The topological polar surface area (TPSA) is 63.1 Å². The maximum Gasteiger partial charge on any atom is 0.271 e. The first-order valence-corrected chi connectivity index (χ1v) is 9.30. The number of nitrogens with zero attached hydrogens (tertiary/aromatic N) is 3. The Kier molecular flexibility index (Phi) is 4.85. The second-order valence-electron chi connectivity index (χ2n) is 6.74. The molecule has 1 saturated heterocycles. The average molecular weight is 379 g/mol. The van der Waals surface area contributed by atoms with Gasteiger partial charge in [0, 0.05) is 43.6 Å². The third-order valence-corrected chi connectivity index (χ3v) is 5.40. The lowest BCUT2D eigenvalue weighted by molar-refractivity contribution is 0.0624. The first kappa shape index (κ1) is 17.6. The van der Waals surface area contributed by atoms with E-state index in [0.717, 1.165) is 30.5 Å². The number of amides is 1. The molecule has 136 valence electrons. The summed E-state index contributed by atoms with van der Waals surface area (Å²) in [5.41, 5.74) is 3.19. The van der Waals surface area contributed by atoms with Gasteiger partial charge in [-0.3, -0.25) is 9.69 Å². The van der Waals surface area contributed by atoms with Crippen molar-refractivity contribution in [3.05, 3.63) is 70.4 Å². The van der Waals surface area contributed by atoms with E-state index in [-0.39, 0.29) is 5.91 Å². The van der Waals surface area contributed by atoms with Crippen molar-refractivity contribution in [3.63, 3.8) is 0 Å². The van der Waals surface area contributed by atoms with Gasteiger partial charge in [0.15, 0.2) is 0 Å². The number of carbonyl (C=O) groups excluding carboxylic acids is 1. The van der Waals surface area contributed by atoms with Gasteiger partial charge in [-0.2, -0.15) is 5.26 Å². The molecule has 1 N–H and O–H groups in total. The highest BCUT2D eigenvalue weighted by molar-refractivity contribution is 6.38. The number of nitrogens with one attached hydrogen (secondary N) is 1. The standard InChI is InChI=1S/C21H19ClN4O/c22-19-17-3-1-2-4-18(17)24-20(19)21(27)26-11-9-25(10-12-26)14-16-7-5-15(13-23)6-8-16/h1-8,24H,9-12,14H2. The lowest BCUT2D eigenvalue weighted by atomic mass is 10.1. The van der Waals surface area contributed by atoms with E-state index in [1.54, 1.807) is 0 Å². The maximum atomic E-state index is 12.9. The second-order valence-corrected chi connectivity index (χ2v) is 7.11. The summed E-state index contributed by atoms with van der Waals surface area (Å²) < 4.78 is 0. The van der Waals surface area contributed by atoms with Crippen LogP contribution < -0.4 is 0 Å². The van der Waals surface area contributed by atoms with E-state index in [0.29, 0.717) is 29.4 Å². The number of hydrogen-bond donors (Lipinski definition) is 1. The quantitative estimate of drug-likeness (QED) is 0.756. The van der Waals surface area contributed by atoms with Crippen LogP contribution in [0.3, 0.4) is 0 Å². The lowest BCUT2D eigenvalue weighted by Crippen LogP contribution is -2.48. The van der Waals surface area contributed by atoms with E-state index in [9.17, 15) is 4.79 Å². The number of hydrogen-bond acceptors (Lipinski definition) is 3. The summed E-state index contributed by atoms with van der Waals surface area (Å²) in [7, 11) is 0. The minimum Gasteiger partial charge on any atom is -0.349 e. The number of benzene rings is 2. The molecule has 4 rings (SSSR count). The van der Waals surface area contributed by atoms with Crippen LogP contribution in [0.2, 0.25) is 5.02 Å². The first-order valence-electron chi connectivity index (χ1n) is 8.92. The summed E-state index contributed by atoms with van der Waals surface area (Å²) in [5.74, 6) is -0.0470. The third kappa shape index (κ3) is 3.55. The summed E-state index contributed by atoms with van der Waals surface area (Å²) in [6, 6.07) is 17.5. The molecule has 2 aromatic carbocycles. The monoisotopic (exact) mass is 378 g/mol. The molecule has 1 aromatic heterocycles. The molecule has 0 aliphatic carbocycles. The molecule has 0 bridgehead atoms. The van der Waals surface area contributed by atoms with Crippen molar-refractivity contribution in [1.29, 1.82) is 5.26 Å². The number of halogens is 1. The Morgan fingerprint density at radius 1 is 1.07 bits per heavy atom. The fourth-order valence-electron chi connectivity index (χ4n) is 3.47. The molecule has 6 heteroatoms. The summed E-state index contributed by atoms with van der Waals surface area (Å²) >= 11 is 6.42. The van der Waals surface area contributed by atoms with Gasteiger partial charge in [0.2, 0.25) is 0 Å². The fourth-order valence-corrected chi connectivity index (χ4v) is 3.76. The molecule has 1 amide bonds. The van der Waals surface area contributed by atoms with Gasteiger partial charge < -0.3 is 9.88 Å². The Labute approximate surface area is 162 Å². The van der Waals surface area contributed by atoms with Gasteiger partial charge in [0.1, 0.15) is 5.69 Å². The van der Waals surface area contributed by atoms with Gasteiger partial charge in [-0.15, -0.1) is 0 Å². The minimum absolute atomic E-state index is 0.0470. The van der Waals surface area contributed by atoms with Crippen LogP contribution in [0.4, 0.5) is 0 Å². The van der Waals surface area contributed by atoms with Crippen molar-refractivity contribution in [2.45, 2.75) is 6.54 Å². The molecule has 2 heterocycles. The molecule has 0 unspecified atom stereocenters. The van der Waals surface area contributed by atoms with Crippen LogP contribution in [0.15, 0.2) is 48.5 Å². The van der Waals surface area contributed by atoms with E-state index in [2.05, 4.69) is 16.0 Å². The van der Waals surface area contributed by atoms with Gasteiger partial charge in [-0.05, 0) is 23.8 Å². The smallest absolute Gasteiger partial charge is 0.271 e. The van der Waals surface area contributed by atoms with Crippen molar-refractivity contribution >= 4 is 28.4 Å². The van der Waals surface area contributed by atoms with Gasteiger partial charge in [0.05, 0.1) is 16.7 Å². The highest BCUT2D eigenvalue weighted by Gasteiger charge is 2.25. The maximum absolute atomic E-state index is 12.9. The predicted octanol–water partition coefficient (Wildman–Crippen LogP) is 3.65. The van der Waals surface area contributed by atoms with E-state index in [1.807, 2.05) is 53.4 Å². The van der Waals surface area contributed by atoms with Gasteiger partial charge in [-0.25, -0.2) is 0 Å². The molecular weight excluding hydrogens is 360 g/mol. The van der Waals surface area contributed by atoms with Gasteiger partial charge in [-0.1, -0.05) is 41.9 Å². The Bertz CT molecular complexity index is 1010. The van der Waals surface area contributed by atoms with Crippen molar-refractivity contribution in [2.75, 3.05) is 26.2 Å². The summed E-state index contributed by atoms with van der Waals surface area (Å²) in [6.45, 7) is 3.77. The number of aromatic nitrogens is 1. The van der Waals surface area contributed by atoms with E-state index < -0.39 is 0 Å². The number of piperazine rings is 1. The molecule has 0 saturated carbocycles. The van der Waals surface area contributed by atoms with Crippen LogP contribution in [-0.4, -0.2) is 46.9 Å². The normalized spacial score (nSPS) is 15.0. The second kappa shape index (κ2) is 7.43. The number of H-pyrrole nitrogens is 1. The Morgan fingerprint density at radius 3 is 2.44 bits per heavy atom. The third-order valence-electron chi connectivity index (χ3n) is 5.01. The van der Waals surface area contributed by atoms with E-state index >= 15 is 0 Å². The first-order chi connectivity index (χ1) is 13.2. The molecule has 0 radical (unpaired) electrons. The molecule has 1 aliphatic heterocycles. The Morgan fingerprint density at radius 2 is 1.78 bits per heavy atom.